The zero-order valence-corrected chi connectivity index (χ0v) is 29.4. The largest absolute Gasteiger partial charge is 0.455 e. The van der Waals surface area contributed by atoms with Gasteiger partial charge in [0, 0.05) is 32.7 Å². The number of para-hydroxylation sites is 2. The van der Waals surface area contributed by atoms with Crippen molar-refractivity contribution < 1.29 is 8.83 Å². The van der Waals surface area contributed by atoms with Crippen LogP contribution >= 0.6 is 0 Å². The highest BCUT2D eigenvalue weighted by atomic mass is 16.3. The van der Waals surface area contributed by atoms with Crippen LogP contribution in [0.2, 0.25) is 0 Å². The number of fused-ring (bicyclic) bond motifs is 11. The van der Waals surface area contributed by atoms with Crippen molar-refractivity contribution in [3.05, 3.63) is 176 Å². The molecule has 0 saturated carbocycles. The van der Waals surface area contributed by atoms with Crippen molar-refractivity contribution in [1.82, 2.24) is 14.5 Å². The monoisotopic (exact) mass is 703 g/mol. The quantitative estimate of drug-likeness (QED) is 0.183. The molecule has 4 aromatic heterocycles. The third kappa shape index (κ3) is 4.41. The Kier molecular flexibility index (Phi) is 6.27. The second-order valence-corrected chi connectivity index (χ2v) is 14.1. The van der Waals surface area contributed by atoms with Crippen LogP contribution in [-0.4, -0.2) is 14.5 Å². The fraction of sp³-hybridized carbons (Fsp3) is 0. The molecular weight excluding hydrogens is 675 g/mol. The van der Waals surface area contributed by atoms with Crippen LogP contribution in [0.3, 0.4) is 0 Å². The van der Waals surface area contributed by atoms with Crippen molar-refractivity contribution in [3.63, 3.8) is 0 Å². The van der Waals surface area contributed by atoms with E-state index in [1.165, 1.54) is 21.5 Å². The van der Waals surface area contributed by atoms with E-state index in [4.69, 9.17) is 18.8 Å². The van der Waals surface area contributed by atoms with Crippen LogP contribution in [0.5, 0.6) is 0 Å². The Bertz CT molecular complexity index is 3480. The van der Waals surface area contributed by atoms with Gasteiger partial charge in [-0.05, 0) is 64.4 Å². The van der Waals surface area contributed by atoms with Crippen LogP contribution in [-0.2, 0) is 0 Å². The molecule has 0 aliphatic heterocycles. The smallest absolute Gasteiger partial charge is 0.180 e. The Labute approximate surface area is 314 Å². The average molecular weight is 704 g/mol. The van der Waals surface area contributed by atoms with E-state index in [1.54, 1.807) is 0 Å². The molecule has 0 spiro atoms. The molecule has 0 N–H and O–H groups in total. The van der Waals surface area contributed by atoms with Gasteiger partial charge in [0.2, 0.25) is 0 Å². The van der Waals surface area contributed by atoms with Gasteiger partial charge in [-0.2, -0.15) is 0 Å². The van der Waals surface area contributed by atoms with E-state index in [0.29, 0.717) is 17.1 Å². The molecular formula is C50H29N3O2. The van der Waals surface area contributed by atoms with Crippen LogP contribution in [0.1, 0.15) is 0 Å². The van der Waals surface area contributed by atoms with Crippen LogP contribution in [0, 0.1) is 0 Å². The van der Waals surface area contributed by atoms with Gasteiger partial charge in [-0.1, -0.05) is 133 Å². The first-order chi connectivity index (χ1) is 27.3. The predicted octanol–water partition coefficient (Wildman–Crippen LogP) is 13.5. The van der Waals surface area contributed by atoms with E-state index in [-0.39, 0.29) is 0 Å². The Morgan fingerprint density at radius 3 is 1.96 bits per heavy atom. The minimum absolute atomic E-state index is 0.623. The van der Waals surface area contributed by atoms with E-state index >= 15 is 0 Å². The van der Waals surface area contributed by atoms with E-state index in [1.807, 2.05) is 42.5 Å². The first-order valence-corrected chi connectivity index (χ1v) is 18.5. The Morgan fingerprint density at radius 2 is 1.11 bits per heavy atom. The lowest BCUT2D eigenvalue weighted by Crippen LogP contribution is -1.97. The molecule has 12 aromatic rings. The second-order valence-electron chi connectivity index (χ2n) is 14.1. The fourth-order valence-electron chi connectivity index (χ4n) is 8.54. The molecule has 0 unspecified atom stereocenters. The summed E-state index contributed by atoms with van der Waals surface area (Å²) in [5.41, 5.74) is 11.7. The Balaban J connectivity index is 1.19. The summed E-state index contributed by atoms with van der Waals surface area (Å²) in [6.07, 6.45) is 0. The summed E-state index contributed by atoms with van der Waals surface area (Å²) < 4.78 is 16.0. The van der Waals surface area contributed by atoms with Gasteiger partial charge >= 0.3 is 0 Å². The third-order valence-corrected chi connectivity index (χ3v) is 11.0. The maximum atomic E-state index is 6.90. The highest BCUT2D eigenvalue weighted by Crippen LogP contribution is 2.45. The summed E-state index contributed by atoms with van der Waals surface area (Å²) in [6.45, 7) is 0. The van der Waals surface area contributed by atoms with Crippen LogP contribution in [0.4, 0.5) is 0 Å². The van der Waals surface area contributed by atoms with Crippen molar-refractivity contribution in [2.45, 2.75) is 0 Å². The summed E-state index contributed by atoms with van der Waals surface area (Å²) in [5, 5.41) is 7.88. The zero-order valence-electron chi connectivity index (χ0n) is 29.4. The summed E-state index contributed by atoms with van der Waals surface area (Å²) in [5.74, 6) is 0.624. The molecule has 0 aliphatic rings. The van der Waals surface area contributed by atoms with E-state index < -0.39 is 0 Å². The SMILES string of the molecule is c1ccc(-c2ccc3oc4c(-c5ccc(-n6c7ccccc7c7c8ccccc8ccc76)c6c5oc5ccccc56)nc(-c5ccccc5)nc4c3c2)cc1. The standard InChI is InChI=1S/C50H29N3O2/c1-3-13-30(14-4-1)33-24-28-43-38(29-33)47-49(55-43)46(51-50(52-47)32-16-5-2-6-17-32)37-25-27-41(45-36-20-10-12-22-42(36)54-48(37)45)53-39-21-11-9-19-35(39)44-34-18-8-7-15-31(34)23-26-40(44)53/h1-29H. The molecule has 0 aliphatic carbocycles. The molecule has 5 nitrogen and oxygen atoms in total. The maximum absolute atomic E-state index is 6.90. The van der Waals surface area contributed by atoms with Crippen molar-refractivity contribution in [3.8, 4) is 39.5 Å². The van der Waals surface area contributed by atoms with Gasteiger partial charge in [-0.25, -0.2) is 9.97 Å². The van der Waals surface area contributed by atoms with Gasteiger partial charge in [-0.15, -0.1) is 0 Å². The van der Waals surface area contributed by atoms with Gasteiger partial charge in [0.1, 0.15) is 28.0 Å². The number of aromatic nitrogens is 3. The molecule has 0 radical (unpaired) electrons. The van der Waals surface area contributed by atoms with E-state index in [9.17, 15) is 0 Å². The van der Waals surface area contributed by atoms with Gasteiger partial charge in [0.25, 0.3) is 0 Å². The van der Waals surface area contributed by atoms with Crippen LogP contribution in [0.15, 0.2) is 185 Å². The average Bonchev–Trinajstić information content (AvgIpc) is 3.94. The Hall–Kier alpha value is -7.50. The molecule has 0 atom stereocenters. The lowest BCUT2D eigenvalue weighted by atomic mass is 10.0. The Morgan fingerprint density at radius 1 is 0.418 bits per heavy atom. The highest BCUT2D eigenvalue weighted by Gasteiger charge is 2.25. The number of nitrogens with zero attached hydrogens (tertiary/aromatic N) is 3. The molecule has 0 bridgehead atoms. The summed E-state index contributed by atoms with van der Waals surface area (Å²) in [6, 6.07) is 61.3. The summed E-state index contributed by atoms with van der Waals surface area (Å²) in [7, 11) is 0. The molecule has 0 fully saturated rings. The van der Waals surface area contributed by atoms with Crippen LogP contribution < -0.4 is 0 Å². The first-order valence-electron chi connectivity index (χ1n) is 18.5. The molecule has 0 saturated heterocycles. The van der Waals surface area contributed by atoms with Gasteiger partial charge in [0.05, 0.1) is 22.1 Å². The van der Waals surface area contributed by atoms with Crippen molar-refractivity contribution in [1.29, 1.82) is 0 Å². The molecule has 12 rings (SSSR count). The van der Waals surface area contributed by atoms with Gasteiger partial charge in [-0.3, -0.25) is 0 Å². The van der Waals surface area contributed by atoms with Crippen LogP contribution in [0.25, 0.3) is 116 Å². The van der Waals surface area contributed by atoms with E-state index in [0.717, 1.165) is 77.4 Å². The molecule has 4 heterocycles. The molecule has 0 amide bonds. The van der Waals surface area contributed by atoms with Crippen molar-refractivity contribution in [2.24, 2.45) is 0 Å². The normalized spacial score (nSPS) is 12.0. The van der Waals surface area contributed by atoms with Gasteiger partial charge < -0.3 is 13.4 Å². The van der Waals surface area contributed by atoms with Crippen molar-refractivity contribution >= 4 is 76.6 Å². The number of benzene rings is 8. The molecule has 5 heteroatoms. The van der Waals surface area contributed by atoms with Crippen molar-refractivity contribution in [2.75, 3.05) is 0 Å². The predicted molar refractivity (Wildman–Crippen MR) is 225 cm³/mol. The van der Waals surface area contributed by atoms with Gasteiger partial charge in [0.15, 0.2) is 11.4 Å². The third-order valence-electron chi connectivity index (χ3n) is 11.0. The number of rotatable bonds is 4. The number of furan rings is 2. The maximum Gasteiger partial charge on any atom is 0.180 e. The lowest BCUT2D eigenvalue weighted by molar-refractivity contribution is 0.662. The molecule has 8 aromatic carbocycles. The second kappa shape index (κ2) is 11.5. The fourth-order valence-corrected chi connectivity index (χ4v) is 8.54. The number of hydrogen-bond donors (Lipinski definition) is 0. The summed E-state index contributed by atoms with van der Waals surface area (Å²) >= 11 is 0. The zero-order chi connectivity index (χ0) is 36.0. The minimum Gasteiger partial charge on any atom is -0.455 e. The summed E-state index contributed by atoms with van der Waals surface area (Å²) in [4.78, 5) is 10.5. The number of hydrogen-bond acceptors (Lipinski definition) is 4. The molecule has 256 valence electrons. The first kappa shape index (κ1) is 30.0. The van der Waals surface area contributed by atoms with E-state index in [2.05, 4.69) is 138 Å². The highest BCUT2D eigenvalue weighted by molar-refractivity contribution is 6.23. The molecule has 55 heavy (non-hydrogen) atoms. The minimum atomic E-state index is 0.623. The topological polar surface area (TPSA) is 57.0 Å². The lowest BCUT2D eigenvalue weighted by Gasteiger charge is -2.13.